The molecule has 5 nitrogen and oxygen atoms in total. The highest BCUT2D eigenvalue weighted by atomic mass is 35.5. The van der Waals surface area contributed by atoms with Crippen molar-refractivity contribution in [3.8, 4) is 0 Å². The molecule has 1 atom stereocenters. The Morgan fingerprint density at radius 3 is 3.05 bits per heavy atom. The lowest BCUT2D eigenvalue weighted by Crippen LogP contribution is -2.47. The molecule has 2 aliphatic heterocycles. The third-order valence-corrected chi connectivity index (χ3v) is 5.27. The number of aromatic nitrogens is 2. The first-order chi connectivity index (χ1) is 10.6. The number of aryl methyl sites for hydroxylation is 1. The van der Waals surface area contributed by atoms with Crippen LogP contribution in [0.1, 0.15) is 50.5 Å². The molecule has 2 aliphatic rings. The molecule has 6 heteroatoms. The first-order valence-corrected chi connectivity index (χ1v) is 8.75. The Morgan fingerprint density at radius 1 is 1.41 bits per heavy atom. The minimum Gasteiger partial charge on any atom is -0.356 e. The van der Waals surface area contributed by atoms with Crippen LogP contribution in [-0.2, 0) is 17.8 Å². The summed E-state index contributed by atoms with van der Waals surface area (Å²) in [6.45, 7) is 5.54. The number of halogens is 1. The second kappa shape index (κ2) is 6.59. The van der Waals surface area contributed by atoms with Crippen molar-refractivity contribution in [2.75, 3.05) is 19.6 Å². The standard InChI is InChI=1S/C16H25ClN4O/c1-2-3-5-13-19-12(14(17)20-13)10-21-9-7-16(11-21)6-4-8-18-15(16)22/h2-11H2,1H3,(H,18,22)(H,19,20)/t16-/m0/s1. The van der Waals surface area contributed by atoms with Gasteiger partial charge >= 0.3 is 0 Å². The SMILES string of the molecule is CCCCc1nc(Cl)c(CN2CC[C@@]3(CCCNC3=O)C2)[nH]1. The van der Waals surface area contributed by atoms with Gasteiger partial charge in [0.2, 0.25) is 5.91 Å². The fourth-order valence-corrected chi connectivity index (χ4v) is 3.85. The Kier molecular flexibility index (Phi) is 4.73. The molecule has 2 N–H and O–H groups in total. The van der Waals surface area contributed by atoms with Crippen LogP contribution in [-0.4, -0.2) is 40.4 Å². The van der Waals surface area contributed by atoms with E-state index >= 15 is 0 Å². The van der Waals surface area contributed by atoms with Crippen LogP contribution in [0.4, 0.5) is 0 Å². The highest BCUT2D eigenvalue weighted by Crippen LogP contribution is 2.38. The van der Waals surface area contributed by atoms with Crippen molar-refractivity contribution in [2.45, 2.75) is 52.0 Å². The number of rotatable bonds is 5. The molecule has 1 aromatic heterocycles. The summed E-state index contributed by atoms with van der Waals surface area (Å²) in [6.07, 6.45) is 6.27. The van der Waals surface area contributed by atoms with E-state index < -0.39 is 0 Å². The van der Waals surface area contributed by atoms with E-state index in [1.807, 2.05) is 0 Å². The third-order valence-electron chi connectivity index (χ3n) is 4.96. The predicted molar refractivity (Wildman–Crippen MR) is 86.8 cm³/mol. The molecular weight excluding hydrogens is 300 g/mol. The van der Waals surface area contributed by atoms with Gasteiger partial charge in [0.15, 0.2) is 5.15 Å². The molecule has 1 amide bonds. The van der Waals surface area contributed by atoms with E-state index in [4.69, 9.17) is 11.6 Å². The zero-order valence-corrected chi connectivity index (χ0v) is 14.0. The molecule has 0 saturated carbocycles. The fraction of sp³-hybridized carbons (Fsp3) is 0.750. The summed E-state index contributed by atoms with van der Waals surface area (Å²) in [5.41, 5.74) is 0.816. The smallest absolute Gasteiger partial charge is 0.227 e. The molecule has 3 heterocycles. The van der Waals surface area contributed by atoms with Gasteiger partial charge in [-0.05, 0) is 32.2 Å². The normalized spacial score (nSPS) is 25.8. The summed E-state index contributed by atoms with van der Waals surface area (Å²) in [5, 5.41) is 3.61. The Hall–Kier alpha value is -1.07. The summed E-state index contributed by atoms with van der Waals surface area (Å²) in [4.78, 5) is 22.3. The molecule has 122 valence electrons. The first kappa shape index (κ1) is 15.8. The highest BCUT2D eigenvalue weighted by molar-refractivity contribution is 6.30. The first-order valence-electron chi connectivity index (χ1n) is 8.37. The maximum atomic E-state index is 12.2. The summed E-state index contributed by atoms with van der Waals surface area (Å²) in [7, 11) is 0. The molecule has 2 fully saturated rings. The number of hydrogen-bond donors (Lipinski definition) is 2. The molecule has 0 aliphatic carbocycles. The van der Waals surface area contributed by atoms with Gasteiger partial charge in [-0.1, -0.05) is 24.9 Å². The molecule has 2 saturated heterocycles. The van der Waals surface area contributed by atoms with Crippen molar-refractivity contribution in [3.63, 3.8) is 0 Å². The monoisotopic (exact) mass is 324 g/mol. The van der Waals surface area contributed by atoms with Crippen LogP contribution in [0.2, 0.25) is 5.15 Å². The Labute approximate surface area is 136 Å². The van der Waals surface area contributed by atoms with Gasteiger partial charge in [-0.3, -0.25) is 9.69 Å². The molecule has 1 spiro atoms. The highest BCUT2D eigenvalue weighted by Gasteiger charge is 2.45. The zero-order chi connectivity index (χ0) is 15.6. The largest absolute Gasteiger partial charge is 0.356 e. The van der Waals surface area contributed by atoms with E-state index in [-0.39, 0.29) is 11.3 Å². The quantitative estimate of drug-likeness (QED) is 0.875. The van der Waals surface area contributed by atoms with Gasteiger partial charge in [0.05, 0.1) is 11.1 Å². The predicted octanol–water partition coefficient (Wildman–Crippen LogP) is 2.51. The summed E-state index contributed by atoms with van der Waals surface area (Å²) < 4.78 is 0. The maximum Gasteiger partial charge on any atom is 0.227 e. The van der Waals surface area contributed by atoms with Gasteiger partial charge < -0.3 is 10.3 Å². The van der Waals surface area contributed by atoms with Gasteiger partial charge in [-0.15, -0.1) is 0 Å². The number of amides is 1. The van der Waals surface area contributed by atoms with Crippen LogP contribution in [0.25, 0.3) is 0 Å². The molecule has 0 radical (unpaired) electrons. The van der Waals surface area contributed by atoms with E-state index in [0.717, 1.165) is 76.2 Å². The van der Waals surface area contributed by atoms with Crippen molar-refractivity contribution in [2.24, 2.45) is 5.41 Å². The second-order valence-corrected chi connectivity index (χ2v) is 7.01. The minimum absolute atomic E-state index is 0.171. The van der Waals surface area contributed by atoms with Gasteiger partial charge in [-0.25, -0.2) is 4.98 Å². The van der Waals surface area contributed by atoms with E-state index in [1.165, 1.54) is 0 Å². The Morgan fingerprint density at radius 2 is 2.27 bits per heavy atom. The third kappa shape index (κ3) is 3.15. The lowest BCUT2D eigenvalue weighted by atomic mass is 9.79. The average Bonchev–Trinajstić information content (AvgIpc) is 3.06. The molecule has 0 unspecified atom stereocenters. The molecule has 3 rings (SSSR count). The summed E-state index contributed by atoms with van der Waals surface area (Å²) in [5.74, 6) is 1.21. The van der Waals surface area contributed by atoms with Crippen LogP contribution in [0, 0.1) is 5.41 Å². The Balaban J connectivity index is 1.62. The van der Waals surface area contributed by atoms with Crippen LogP contribution in [0.5, 0.6) is 0 Å². The van der Waals surface area contributed by atoms with Gasteiger partial charge in [-0.2, -0.15) is 0 Å². The van der Waals surface area contributed by atoms with Crippen LogP contribution in [0.3, 0.4) is 0 Å². The van der Waals surface area contributed by atoms with Crippen molar-refractivity contribution in [3.05, 3.63) is 16.7 Å². The van der Waals surface area contributed by atoms with E-state index in [2.05, 4.69) is 27.1 Å². The van der Waals surface area contributed by atoms with Gasteiger partial charge in [0.1, 0.15) is 5.82 Å². The number of likely N-dealkylation sites (tertiary alicyclic amines) is 1. The number of imidazole rings is 1. The lowest BCUT2D eigenvalue weighted by molar-refractivity contribution is -0.132. The number of piperidine rings is 1. The molecular formula is C16H25ClN4O. The zero-order valence-electron chi connectivity index (χ0n) is 13.3. The number of aromatic amines is 1. The maximum absolute atomic E-state index is 12.2. The number of nitrogens with one attached hydrogen (secondary N) is 2. The number of hydrogen-bond acceptors (Lipinski definition) is 3. The van der Waals surface area contributed by atoms with Gasteiger partial charge in [0, 0.05) is 26.1 Å². The number of carbonyl (C=O) groups excluding carboxylic acids is 1. The van der Waals surface area contributed by atoms with Crippen molar-refractivity contribution >= 4 is 17.5 Å². The average molecular weight is 325 g/mol. The summed E-state index contributed by atoms with van der Waals surface area (Å²) in [6, 6.07) is 0. The molecule has 0 aromatic carbocycles. The van der Waals surface area contributed by atoms with Crippen molar-refractivity contribution in [1.82, 2.24) is 20.2 Å². The minimum atomic E-state index is -0.171. The van der Waals surface area contributed by atoms with Crippen LogP contribution < -0.4 is 5.32 Å². The lowest BCUT2D eigenvalue weighted by Gasteiger charge is -2.32. The Bertz CT molecular complexity index is 544. The van der Waals surface area contributed by atoms with E-state index in [0.29, 0.717) is 5.15 Å². The number of carbonyl (C=O) groups is 1. The summed E-state index contributed by atoms with van der Waals surface area (Å²) >= 11 is 6.26. The molecule has 22 heavy (non-hydrogen) atoms. The topological polar surface area (TPSA) is 61.0 Å². The number of unbranched alkanes of at least 4 members (excludes halogenated alkanes) is 1. The van der Waals surface area contributed by atoms with Crippen LogP contribution in [0.15, 0.2) is 0 Å². The number of nitrogens with zero attached hydrogens (tertiary/aromatic N) is 2. The van der Waals surface area contributed by atoms with Crippen LogP contribution >= 0.6 is 11.6 Å². The molecule has 1 aromatic rings. The fourth-order valence-electron chi connectivity index (χ4n) is 3.64. The van der Waals surface area contributed by atoms with Crippen molar-refractivity contribution in [1.29, 1.82) is 0 Å². The number of H-pyrrole nitrogens is 1. The van der Waals surface area contributed by atoms with E-state index in [9.17, 15) is 4.79 Å². The second-order valence-electron chi connectivity index (χ2n) is 6.66. The van der Waals surface area contributed by atoms with Gasteiger partial charge in [0.25, 0.3) is 0 Å². The van der Waals surface area contributed by atoms with E-state index in [1.54, 1.807) is 0 Å². The molecule has 0 bridgehead atoms. The van der Waals surface area contributed by atoms with Crippen molar-refractivity contribution < 1.29 is 4.79 Å².